The minimum atomic E-state index is 0.304. The Morgan fingerprint density at radius 2 is 1.81 bits per heavy atom. The predicted molar refractivity (Wildman–Crippen MR) is 68.4 cm³/mol. The van der Waals surface area contributed by atoms with E-state index in [9.17, 15) is 0 Å². The lowest BCUT2D eigenvalue weighted by molar-refractivity contribution is 0.276. The van der Waals surface area contributed by atoms with Crippen molar-refractivity contribution in [2.24, 2.45) is 11.7 Å². The van der Waals surface area contributed by atoms with Gasteiger partial charge < -0.3 is 16.2 Å². The first-order valence-electron chi connectivity index (χ1n) is 6.92. The van der Waals surface area contributed by atoms with Gasteiger partial charge >= 0.3 is 0 Å². The molecule has 3 nitrogen and oxygen atoms in total. The van der Waals surface area contributed by atoms with Gasteiger partial charge in [0.15, 0.2) is 0 Å². The maximum atomic E-state index is 8.72. The van der Waals surface area contributed by atoms with Gasteiger partial charge in [0, 0.05) is 19.2 Å². The highest BCUT2D eigenvalue weighted by Gasteiger charge is 2.20. The van der Waals surface area contributed by atoms with Crippen molar-refractivity contribution in [2.45, 2.75) is 57.4 Å². The Bertz CT molecular complexity index is 156. The number of aliphatic hydroxyl groups excluding tert-OH is 1. The van der Waals surface area contributed by atoms with Gasteiger partial charge in [0.1, 0.15) is 0 Å². The van der Waals surface area contributed by atoms with Crippen molar-refractivity contribution < 1.29 is 5.11 Å². The molecule has 0 amide bonds. The molecule has 0 aromatic rings. The Hall–Kier alpha value is -0.120. The summed E-state index contributed by atoms with van der Waals surface area (Å²) in [5.74, 6) is 0.779. The van der Waals surface area contributed by atoms with Gasteiger partial charge in [0.25, 0.3) is 0 Å². The van der Waals surface area contributed by atoms with E-state index in [0.29, 0.717) is 12.6 Å². The van der Waals surface area contributed by atoms with E-state index in [1.54, 1.807) is 0 Å². The molecule has 1 rings (SSSR count). The van der Waals surface area contributed by atoms with Crippen LogP contribution >= 0.6 is 0 Å². The van der Waals surface area contributed by atoms with E-state index in [1.807, 2.05) is 0 Å². The molecular formula is C13H28N2O. The van der Waals surface area contributed by atoms with Crippen molar-refractivity contribution in [2.75, 3.05) is 19.7 Å². The van der Waals surface area contributed by atoms with Gasteiger partial charge in [-0.1, -0.05) is 25.7 Å². The van der Waals surface area contributed by atoms with Crippen LogP contribution in [-0.4, -0.2) is 30.8 Å². The third-order valence-corrected chi connectivity index (χ3v) is 3.71. The second kappa shape index (κ2) is 8.97. The van der Waals surface area contributed by atoms with Crippen molar-refractivity contribution in [1.82, 2.24) is 5.32 Å². The van der Waals surface area contributed by atoms with E-state index in [1.165, 1.54) is 38.5 Å². The Morgan fingerprint density at radius 3 is 2.38 bits per heavy atom. The molecule has 0 heterocycles. The number of hydrogen-bond acceptors (Lipinski definition) is 3. The summed E-state index contributed by atoms with van der Waals surface area (Å²) in [4.78, 5) is 0. The molecule has 1 saturated carbocycles. The van der Waals surface area contributed by atoms with Crippen molar-refractivity contribution in [3.05, 3.63) is 0 Å². The van der Waals surface area contributed by atoms with Crippen molar-refractivity contribution in [1.29, 1.82) is 0 Å². The van der Waals surface area contributed by atoms with Gasteiger partial charge in [-0.25, -0.2) is 0 Å². The fraction of sp³-hybridized carbons (Fsp3) is 1.00. The lowest BCUT2D eigenvalue weighted by Gasteiger charge is -2.26. The Morgan fingerprint density at radius 1 is 1.12 bits per heavy atom. The topological polar surface area (TPSA) is 58.3 Å². The summed E-state index contributed by atoms with van der Waals surface area (Å²) in [6.45, 7) is 2.06. The van der Waals surface area contributed by atoms with Crippen LogP contribution in [0.1, 0.15) is 51.4 Å². The smallest absolute Gasteiger partial charge is 0.0431 e. The van der Waals surface area contributed by atoms with Gasteiger partial charge in [-0.05, 0) is 38.1 Å². The van der Waals surface area contributed by atoms with Crippen LogP contribution in [0.2, 0.25) is 0 Å². The minimum absolute atomic E-state index is 0.304. The Labute approximate surface area is 99.8 Å². The van der Waals surface area contributed by atoms with E-state index in [-0.39, 0.29) is 0 Å². The van der Waals surface area contributed by atoms with Crippen LogP contribution in [0.3, 0.4) is 0 Å². The summed E-state index contributed by atoms with van der Waals surface area (Å²) in [6.07, 6.45) is 10.2. The molecule has 16 heavy (non-hydrogen) atoms. The molecule has 0 saturated heterocycles. The molecule has 1 aliphatic rings. The van der Waals surface area contributed by atoms with E-state index in [4.69, 9.17) is 10.8 Å². The highest BCUT2D eigenvalue weighted by Crippen LogP contribution is 2.25. The van der Waals surface area contributed by atoms with Crippen LogP contribution in [0.4, 0.5) is 0 Å². The van der Waals surface area contributed by atoms with Crippen molar-refractivity contribution in [3.8, 4) is 0 Å². The molecule has 0 spiro atoms. The average Bonchev–Trinajstić information content (AvgIpc) is 2.58. The van der Waals surface area contributed by atoms with Gasteiger partial charge in [0.05, 0.1) is 0 Å². The lowest BCUT2D eigenvalue weighted by Crippen LogP contribution is -2.42. The van der Waals surface area contributed by atoms with Gasteiger partial charge in [-0.2, -0.15) is 0 Å². The normalized spacial score (nSPS) is 20.6. The molecule has 1 atom stereocenters. The minimum Gasteiger partial charge on any atom is -0.396 e. The van der Waals surface area contributed by atoms with Gasteiger partial charge in [0.2, 0.25) is 0 Å². The Balaban J connectivity index is 2.22. The summed E-state index contributed by atoms with van der Waals surface area (Å²) in [7, 11) is 0. The maximum Gasteiger partial charge on any atom is 0.0431 e. The fourth-order valence-corrected chi connectivity index (χ4v) is 2.68. The van der Waals surface area contributed by atoms with Crippen LogP contribution < -0.4 is 11.1 Å². The lowest BCUT2D eigenvalue weighted by atomic mass is 9.92. The zero-order chi connectivity index (χ0) is 11.6. The molecule has 1 unspecified atom stereocenters. The second-order valence-electron chi connectivity index (χ2n) is 4.98. The first-order valence-corrected chi connectivity index (χ1v) is 6.92. The Kier molecular flexibility index (Phi) is 7.81. The summed E-state index contributed by atoms with van der Waals surface area (Å²) in [6, 6.07) is 0.497. The molecule has 0 aliphatic heterocycles. The number of nitrogens with two attached hydrogens (primary N) is 1. The number of unbranched alkanes of at least 4 members (excludes halogenated alkanes) is 1. The van der Waals surface area contributed by atoms with Crippen LogP contribution in [0.5, 0.6) is 0 Å². The van der Waals surface area contributed by atoms with Crippen LogP contribution in [-0.2, 0) is 0 Å². The van der Waals surface area contributed by atoms with Crippen LogP contribution in [0, 0.1) is 5.92 Å². The molecule has 0 bridgehead atoms. The highest BCUT2D eigenvalue weighted by molar-refractivity contribution is 4.79. The van der Waals surface area contributed by atoms with E-state index < -0.39 is 0 Å². The number of hydrogen-bond donors (Lipinski definition) is 3. The summed E-state index contributed by atoms with van der Waals surface area (Å²) in [5.41, 5.74) is 5.86. The van der Waals surface area contributed by atoms with E-state index >= 15 is 0 Å². The average molecular weight is 228 g/mol. The number of rotatable bonds is 7. The standard InChI is InChI=1S/C13H28N2O/c14-11-13(15-9-5-6-10-16)12-7-3-1-2-4-8-12/h12-13,15-16H,1-11,14H2. The summed E-state index contributed by atoms with van der Waals surface area (Å²) >= 11 is 0. The molecule has 0 aromatic heterocycles. The monoisotopic (exact) mass is 228 g/mol. The third-order valence-electron chi connectivity index (χ3n) is 3.71. The molecule has 0 aromatic carbocycles. The highest BCUT2D eigenvalue weighted by atomic mass is 16.2. The van der Waals surface area contributed by atoms with Gasteiger partial charge in [-0.15, -0.1) is 0 Å². The zero-order valence-electron chi connectivity index (χ0n) is 10.5. The van der Waals surface area contributed by atoms with Crippen molar-refractivity contribution >= 4 is 0 Å². The number of nitrogens with one attached hydrogen (secondary N) is 1. The zero-order valence-corrected chi connectivity index (χ0v) is 10.5. The van der Waals surface area contributed by atoms with Crippen LogP contribution in [0.25, 0.3) is 0 Å². The summed E-state index contributed by atoms with van der Waals surface area (Å²) < 4.78 is 0. The largest absolute Gasteiger partial charge is 0.396 e. The molecule has 1 aliphatic carbocycles. The number of aliphatic hydroxyl groups is 1. The first kappa shape index (κ1) is 13.9. The van der Waals surface area contributed by atoms with E-state index in [2.05, 4.69) is 5.32 Å². The molecule has 3 heteroatoms. The molecule has 4 N–H and O–H groups in total. The molecule has 1 fully saturated rings. The summed E-state index contributed by atoms with van der Waals surface area (Å²) in [5, 5.41) is 12.3. The first-order chi connectivity index (χ1) is 7.88. The maximum absolute atomic E-state index is 8.72. The second-order valence-corrected chi connectivity index (χ2v) is 4.98. The van der Waals surface area contributed by atoms with Gasteiger partial charge in [-0.3, -0.25) is 0 Å². The quantitative estimate of drug-likeness (QED) is 0.459. The predicted octanol–water partition coefficient (Wildman–Crippen LogP) is 1.65. The molecule has 0 radical (unpaired) electrons. The molecule has 96 valence electrons. The molecular weight excluding hydrogens is 200 g/mol. The third kappa shape index (κ3) is 5.28. The van der Waals surface area contributed by atoms with Crippen molar-refractivity contribution in [3.63, 3.8) is 0 Å². The SMILES string of the molecule is NCC(NCCCCO)C1CCCCCC1. The van der Waals surface area contributed by atoms with Crippen LogP contribution in [0.15, 0.2) is 0 Å². The fourth-order valence-electron chi connectivity index (χ4n) is 2.68. The van der Waals surface area contributed by atoms with E-state index in [0.717, 1.165) is 31.8 Å².